The molecule has 2 rings (SSSR count). The molecule has 0 aromatic heterocycles. The summed E-state index contributed by atoms with van der Waals surface area (Å²) in [5.41, 5.74) is 1.34. The van der Waals surface area contributed by atoms with Gasteiger partial charge in [-0.3, -0.25) is 4.90 Å². The molecule has 0 saturated carbocycles. The van der Waals surface area contributed by atoms with E-state index in [1.165, 1.54) is 55.2 Å². The second kappa shape index (κ2) is 8.82. The Morgan fingerprint density at radius 2 is 2.05 bits per heavy atom. The van der Waals surface area contributed by atoms with E-state index in [-0.39, 0.29) is 0 Å². The first kappa shape index (κ1) is 16.9. The molecule has 1 fully saturated rings. The zero-order valence-electron chi connectivity index (χ0n) is 13.8. The summed E-state index contributed by atoms with van der Waals surface area (Å²) in [5.74, 6) is 2.02. The van der Waals surface area contributed by atoms with Crippen molar-refractivity contribution in [2.45, 2.75) is 44.6 Å². The van der Waals surface area contributed by atoms with Crippen LogP contribution in [-0.4, -0.2) is 42.9 Å². The minimum atomic E-state index is 0.644. The van der Waals surface area contributed by atoms with Gasteiger partial charge < -0.3 is 5.32 Å². The van der Waals surface area contributed by atoms with Crippen LogP contribution in [0.5, 0.6) is 0 Å². The van der Waals surface area contributed by atoms with Gasteiger partial charge in [-0.1, -0.05) is 17.7 Å². The number of rotatable bonds is 7. The minimum Gasteiger partial charge on any atom is -0.316 e. The Labute approximate surface area is 134 Å². The third kappa shape index (κ3) is 6.01. The first-order valence-corrected chi connectivity index (χ1v) is 9.28. The lowest BCUT2D eigenvalue weighted by Crippen LogP contribution is -2.42. The van der Waals surface area contributed by atoms with E-state index in [1.807, 2.05) is 11.8 Å². The van der Waals surface area contributed by atoms with Gasteiger partial charge in [-0.15, -0.1) is 11.8 Å². The Bertz CT molecular complexity index is 396. The summed E-state index contributed by atoms with van der Waals surface area (Å²) >= 11 is 1.98. The van der Waals surface area contributed by atoms with E-state index in [4.69, 9.17) is 0 Å². The zero-order chi connectivity index (χ0) is 15.1. The third-order valence-corrected chi connectivity index (χ3v) is 5.28. The molecule has 0 bridgehead atoms. The lowest BCUT2D eigenvalue weighted by atomic mass is 9.98. The smallest absolute Gasteiger partial charge is 0.0108 e. The van der Waals surface area contributed by atoms with Crippen LogP contribution in [0.4, 0.5) is 0 Å². The van der Waals surface area contributed by atoms with E-state index in [1.54, 1.807) is 0 Å². The molecule has 1 heterocycles. The van der Waals surface area contributed by atoms with Crippen molar-refractivity contribution in [1.82, 2.24) is 10.2 Å². The molecule has 1 atom stereocenters. The molecule has 1 aliphatic rings. The van der Waals surface area contributed by atoms with Crippen LogP contribution in [0.15, 0.2) is 29.2 Å². The summed E-state index contributed by atoms with van der Waals surface area (Å²) in [7, 11) is 0. The summed E-state index contributed by atoms with van der Waals surface area (Å²) in [6.45, 7) is 11.6. The van der Waals surface area contributed by atoms with Crippen LogP contribution < -0.4 is 5.32 Å². The zero-order valence-corrected chi connectivity index (χ0v) is 14.6. The summed E-state index contributed by atoms with van der Waals surface area (Å²) < 4.78 is 0. The van der Waals surface area contributed by atoms with Gasteiger partial charge >= 0.3 is 0 Å². The Morgan fingerprint density at radius 3 is 2.67 bits per heavy atom. The first-order valence-electron chi connectivity index (χ1n) is 8.29. The average molecular weight is 307 g/mol. The van der Waals surface area contributed by atoms with E-state index in [0.29, 0.717) is 6.04 Å². The largest absolute Gasteiger partial charge is 0.316 e. The van der Waals surface area contributed by atoms with Crippen LogP contribution in [-0.2, 0) is 0 Å². The minimum absolute atomic E-state index is 0.644. The van der Waals surface area contributed by atoms with Crippen molar-refractivity contribution >= 4 is 11.8 Å². The Balaban J connectivity index is 1.75. The predicted octanol–water partition coefficient (Wildman–Crippen LogP) is 3.80. The number of thioether (sulfide) groups is 1. The highest BCUT2D eigenvalue weighted by Crippen LogP contribution is 2.19. The lowest BCUT2D eigenvalue weighted by Gasteiger charge is -2.32. The number of nitrogens with zero attached hydrogens (tertiary/aromatic N) is 1. The van der Waals surface area contributed by atoms with Gasteiger partial charge in [-0.25, -0.2) is 0 Å². The van der Waals surface area contributed by atoms with Gasteiger partial charge in [-0.2, -0.15) is 0 Å². The Morgan fingerprint density at radius 1 is 1.29 bits per heavy atom. The van der Waals surface area contributed by atoms with Crippen molar-refractivity contribution in [2.24, 2.45) is 5.92 Å². The number of nitrogens with one attached hydrogen (secondary N) is 1. The molecule has 118 valence electrons. The normalized spacial score (nSPS) is 19.4. The van der Waals surface area contributed by atoms with Crippen molar-refractivity contribution in [3.05, 3.63) is 29.8 Å². The quantitative estimate of drug-likeness (QED) is 0.772. The van der Waals surface area contributed by atoms with Crippen molar-refractivity contribution in [3.8, 4) is 0 Å². The van der Waals surface area contributed by atoms with Crippen LogP contribution in [0.25, 0.3) is 0 Å². The number of hydrogen-bond donors (Lipinski definition) is 1. The van der Waals surface area contributed by atoms with Gasteiger partial charge in [0.1, 0.15) is 0 Å². The number of hydrogen-bond acceptors (Lipinski definition) is 3. The van der Waals surface area contributed by atoms with E-state index in [2.05, 4.69) is 55.3 Å². The fourth-order valence-corrected chi connectivity index (χ4v) is 3.78. The summed E-state index contributed by atoms with van der Waals surface area (Å²) in [5, 5.41) is 3.53. The highest BCUT2D eigenvalue weighted by atomic mass is 32.2. The van der Waals surface area contributed by atoms with Crippen LogP contribution in [0.1, 0.15) is 32.3 Å². The van der Waals surface area contributed by atoms with E-state index >= 15 is 0 Å². The molecule has 0 aliphatic carbocycles. The van der Waals surface area contributed by atoms with Gasteiger partial charge in [0.15, 0.2) is 0 Å². The van der Waals surface area contributed by atoms with Gasteiger partial charge in [0.05, 0.1) is 0 Å². The lowest BCUT2D eigenvalue weighted by molar-refractivity contribution is 0.181. The molecule has 1 saturated heterocycles. The van der Waals surface area contributed by atoms with Gasteiger partial charge in [0.25, 0.3) is 0 Å². The topological polar surface area (TPSA) is 15.3 Å². The highest BCUT2D eigenvalue weighted by Gasteiger charge is 2.18. The summed E-state index contributed by atoms with van der Waals surface area (Å²) in [6.07, 6.45) is 2.73. The molecule has 2 nitrogen and oxygen atoms in total. The monoisotopic (exact) mass is 306 g/mol. The second-order valence-corrected chi connectivity index (χ2v) is 7.63. The molecular formula is C18H30N2S. The van der Waals surface area contributed by atoms with Crippen LogP contribution in [0.3, 0.4) is 0 Å². The van der Waals surface area contributed by atoms with Crippen molar-refractivity contribution in [2.75, 3.05) is 31.9 Å². The van der Waals surface area contributed by atoms with Gasteiger partial charge in [-0.05, 0) is 64.8 Å². The van der Waals surface area contributed by atoms with E-state index < -0.39 is 0 Å². The van der Waals surface area contributed by atoms with E-state index in [0.717, 1.165) is 5.92 Å². The van der Waals surface area contributed by atoms with E-state index in [9.17, 15) is 0 Å². The molecule has 21 heavy (non-hydrogen) atoms. The standard InChI is InChI=1S/C18H30N2S/c1-15(2)20(14-17-5-4-10-19-13-17)11-12-21-18-8-6-16(3)7-9-18/h6-9,15,17,19H,4-5,10-14H2,1-3H3. The molecule has 0 amide bonds. The molecule has 1 aromatic rings. The Hall–Kier alpha value is -0.510. The Kier molecular flexibility index (Phi) is 7.08. The number of aryl methyl sites for hydroxylation is 1. The van der Waals surface area contributed by atoms with Crippen molar-refractivity contribution in [1.29, 1.82) is 0 Å². The SMILES string of the molecule is Cc1ccc(SCCN(CC2CCCNC2)C(C)C)cc1. The molecule has 1 N–H and O–H groups in total. The predicted molar refractivity (Wildman–Crippen MR) is 94.2 cm³/mol. The maximum atomic E-state index is 3.53. The fraction of sp³-hybridized carbons (Fsp3) is 0.667. The van der Waals surface area contributed by atoms with Crippen LogP contribution in [0, 0.1) is 12.8 Å². The highest BCUT2D eigenvalue weighted by molar-refractivity contribution is 7.99. The summed E-state index contributed by atoms with van der Waals surface area (Å²) in [4.78, 5) is 4.04. The maximum absolute atomic E-state index is 3.53. The maximum Gasteiger partial charge on any atom is 0.0108 e. The van der Waals surface area contributed by atoms with Crippen LogP contribution in [0.2, 0.25) is 0 Å². The van der Waals surface area contributed by atoms with Gasteiger partial charge in [0.2, 0.25) is 0 Å². The van der Waals surface area contributed by atoms with Crippen molar-refractivity contribution in [3.63, 3.8) is 0 Å². The number of piperidine rings is 1. The third-order valence-electron chi connectivity index (χ3n) is 4.29. The fourth-order valence-electron chi connectivity index (χ4n) is 2.89. The summed E-state index contributed by atoms with van der Waals surface area (Å²) in [6, 6.07) is 9.53. The first-order chi connectivity index (χ1) is 10.1. The van der Waals surface area contributed by atoms with Gasteiger partial charge in [0, 0.05) is 29.8 Å². The van der Waals surface area contributed by atoms with Crippen LogP contribution >= 0.6 is 11.8 Å². The number of benzene rings is 1. The molecule has 1 aliphatic heterocycles. The molecule has 1 aromatic carbocycles. The molecule has 0 spiro atoms. The molecule has 1 unspecified atom stereocenters. The molecular weight excluding hydrogens is 276 g/mol. The second-order valence-electron chi connectivity index (χ2n) is 6.46. The molecule has 3 heteroatoms. The molecule has 0 radical (unpaired) electrons. The average Bonchev–Trinajstić information content (AvgIpc) is 2.49. The van der Waals surface area contributed by atoms with Crippen molar-refractivity contribution < 1.29 is 0 Å².